The monoisotopic (exact) mass is 483 g/mol. The molecule has 2 bridgehead atoms. The van der Waals surface area contributed by atoms with Crippen molar-refractivity contribution in [2.75, 3.05) is 0 Å². The van der Waals surface area contributed by atoms with Gasteiger partial charge in [-0.05, 0) is 85.0 Å². The second kappa shape index (κ2) is 7.59. The molecule has 34 heavy (non-hydrogen) atoms. The van der Waals surface area contributed by atoms with Gasteiger partial charge in [0.25, 0.3) is 0 Å². The van der Waals surface area contributed by atoms with E-state index in [1.807, 2.05) is 4.90 Å². The summed E-state index contributed by atoms with van der Waals surface area (Å²) in [6.45, 7) is 11.3. The van der Waals surface area contributed by atoms with Gasteiger partial charge < -0.3 is 10.0 Å². The molecule has 1 aromatic rings. The molecule has 0 saturated heterocycles. The van der Waals surface area contributed by atoms with E-state index in [4.69, 9.17) is 11.6 Å². The summed E-state index contributed by atoms with van der Waals surface area (Å²) in [6.07, 6.45) is 8.43. The molecule has 0 spiro atoms. The lowest BCUT2D eigenvalue weighted by Gasteiger charge is -2.71. The zero-order valence-electron chi connectivity index (χ0n) is 21.2. The van der Waals surface area contributed by atoms with E-state index in [9.17, 15) is 14.7 Å². The van der Waals surface area contributed by atoms with Gasteiger partial charge >= 0.3 is 5.97 Å². The molecule has 1 aromatic carbocycles. The Hall–Kier alpha value is -1.81. The number of hydrogen-bond acceptors (Lipinski definition) is 2. The van der Waals surface area contributed by atoms with Crippen LogP contribution in [0.25, 0.3) is 0 Å². The number of carboxylic acids is 1. The highest BCUT2D eigenvalue weighted by Gasteiger charge is 2.75. The van der Waals surface area contributed by atoms with Gasteiger partial charge in [-0.25, -0.2) is 0 Å². The summed E-state index contributed by atoms with van der Waals surface area (Å²) in [4.78, 5) is 27.2. The van der Waals surface area contributed by atoms with E-state index in [1.165, 1.54) is 11.1 Å². The van der Waals surface area contributed by atoms with E-state index >= 15 is 0 Å². The van der Waals surface area contributed by atoms with Crippen molar-refractivity contribution in [1.82, 2.24) is 4.90 Å². The summed E-state index contributed by atoms with van der Waals surface area (Å²) in [5.41, 5.74) is 2.76. The summed E-state index contributed by atoms with van der Waals surface area (Å²) in [6, 6.07) is 6.51. The molecule has 1 amide bonds. The Balaban J connectivity index is 1.49. The molecule has 5 heteroatoms. The molecule has 3 atom stereocenters. The number of halogens is 1. The Bertz CT molecular complexity index is 1060. The van der Waals surface area contributed by atoms with Crippen LogP contribution in [-0.2, 0) is 21.4 Å². The molecule has 5 aliphatic rings. The minimum absolute atomic E-state index is 0.136. The number of nitrogens with zero attached hydrogens (tertiary/aromatic N) is 1. The predicted octanol–water partition coefficient (Wildman–Crippen LogP) is 6.75. The lowest BCUT2D eigenvalue weighted by molar-refractivity contribution is -0.224. The largest absolute Gasteiger partial charge is 0.481 e. The maximum atomic E-state index is 13.6. The fourth-order valence-electron chi connectivity index (χ4n) is 7.19. The Morgan fingerprint density at radius 1 is 1.21 bits per heavy atom. The molecular weight excluding hydrogens is 446 g/mol. The molecule has 1 unspecified atom stereocenters. The lowest BCUT2D eigenvalue weighted by Crippen LogP contribution is -2.77. The van der Waals surface area contributed by atoms with Gasteiger partial charge in [-0.3, -0.25) is 9.59 Å². The first kappa shape index (κ1) is 23.9. The second-order valence-electron chi connectivity index (χ2n) is 13.1. The standard InChI is InChI=1S/C29H38ClNO3/c1-18-8-11-29(21-7-6-20(23(30)12-21)9-10-26(3,4)5)13-24(32)31(14-22(29)19(18)2)28-15-27(16-28,17-28)25(33)34/h6-7,12,14,18-19H,8-11,13,15-17H2,1-5H3,(H,33,34)/t18-,19+,27?,28?,29?/m0/s1. The predicted molar refractivity (Wildman–Crippen MR) is 135 cm³/mol. The Kier molecular flexibility index (Phi) is 5.34. The van der Waals surface area contributed by atoms with Crippen molar-refractivity contribution in [3.05, 3.63) is 46.1 Å². The van der Waals surface area contributed by atoms with E-state index in [0.717, 1.165) is 36.3 Å². The van der Waals surface area contributed by atoms with Crippen LogP contribution in [0.3, 0.4) is 0 Å². The number of aliphatic carboxylic acids is 1. The highest BCUT2D eigenvalue weighted by Crippen LogP contribution is 2.71. The number of carboxylic acid groups (broad SMARTS) is 1. The number of hydrogen-bond donors (Lipinski definition) is 1. The number of fused-ring (bicyclic) bond motifs is 1. The Morgan fingerprint density at radius 2 is 1.88 bits per heavy atom. The van der Waals surface area contributed by atoms with Crippen molar-refractivity contribution in [3.63, 3.8) is 0 Å². The molecule has 1 aliphatic heterocycles. The van der Waals surface area contributed by atoms with Crippen LogP contribution < -0.4 is 0 Å². The zero-order valence-corrected chi connectivity index (χ0v) is 22.0. The highest BCUT2D eigenvalue weighted by atomic mass is 35.5. The molecule has 184 valence electrons. The van der Waals surface area contributed by atoms with Gasteiger partial charge in [0.05, 0.1) is 11.0 Å². The lowest BCUT2D eigenvalue weighted by atomic mass is 9.38. The van der Waals surface area contributed by atoms with E-state index in [2.05, 4.69) is 59.0 Å². The maximum Gasteiger partial charge on any atom is 0.309 e. The number of benzene rings is 1. The quantitative estimate of drug-likeness (QED) is 0.504. The summed E-state index contributed by atoms with van der Waals surface area (Å²) in [5.74, 6) is 0.345. The topological polar surface area (TPSA) is 57.6 Å². The van der Waals surface area contributed by atoms with Crippen LogP contribution >= 0.6 is 11.6 Å². The van der Waals surface area contributed by atoms with Crippen LogP contribution in [-0.4, -0.2) is 27.4 Å². The molecule has 1 N–H and O–H groups in total. The highest BCUT2D eigenvalue weighted by molar-refractivity contribution is 6.31. The van der Waals surface area contributed by atoms with Crippen molar-refractivity contribution in [2.45, 2.75) is 96.9 Å². The van der Waals surface area contributed by atoms with E-state index in [1.54, 1.807) is 0 Å². The Morgan fingerprint density at radius 3 is 2.47 bits per heavy atom. The average Bonchev–Trinajstić information content (AvgIpc) is 2.68. The summed E-state index contributed by atoms with van der Waals surface area (Å²) >= 11 is 6.82. The van der Waals surface area contributed by atoms with Gasteiger partial charge in [0, 0.05) is 23.1 Å². The second-order valence-corrected chi connectivity index (χ2v) is 13.5. The van der Waals surface area contributed by atoms with Crippen molar-refractivity contribution in [2.24, 2.45) is 22.7 Å². The number of rotatable bonds is 5. The SMILES string of the molecule is C[C@H]1CCC2(c3ccc(CCC(C)(C)C)c(Cl)c3)CC(=O)N(C34CC(C(=O)O)(C3)C4)C=C2[C@@H]1C. The summed E-state index contributed by atoms with van der Waals surface area (Å²) in [5, 5.41) is 10.4. The molecule has 4 saturated carbocycles. The van der Waals surface area contributed by atoms with Crippen molar-refractivity contribution >= 4 is 23.5 Å². The first-order chi connectivity index (χ1) is 15.8. The van der Waals surface area contributed by atoms with Crippen LogP contribution in [0.15, 0.2) is 30.0 Å². The Labute approximate surface area is 208 Å². The number of allylic oxidation sites excluding steroid dienone is 1. The van der Waals surface area contributed by atoms with Gasteiger partial charge in [-0.1, -0.05) is 58.4 Å². The van der Waals surface area contributed by atoms with Gasteiger partial charge in [-0.15, -0.1) is 0 Å². The molecular formula is C29H38ClNO3. The van der Waals surface area contributed by atoms with Crippen LogP contribution in [0, 0.1) is 22.7 Å². The van der Waals surface area contributed by atoms with Crippen LogP contribution in [0.1, 0.15) is 90.7 Å². The van der Waals surface area contributed by atoms with Crippen LogP contribution in [0.2, 0.25) is 5.02 Å². The summed E-state index contributed by atoms with van der Waals surface area (Å²) in [7, 11) is 0. The van der Waals surface area contributed by atoms with Crippen LogP contribution in [0.5, 0.6) is 0 Å². The fourth-order valence-corrected chi connectivity index (χ4v) is 7.46. The minimum Gasteiger partial charge on any atom is -0.481 e. The molecule has 1 heterocycles. The van der Waals surface area contributed by atoms with Crippen molar-refractivity contribution in [1.29, 1.82) is 0 Å². The number of carbonyl (C=O) groups is 2. The molecule has 4 aliphatic carbocycles. The molecule has 4 fully saturated rings. The van der Waals surface area contributed by atoms with Gasteiger partial charge in [-0.2, -0.15) is 0 Å². The smallest absolute Gasteiger partial charge is 0.309 e. The molecule has 6 rings (SSSR count). The normalized spacial score (nSPS) is 36.8. The number of carbonyl (C=O) groups excluding carboxylic acids is 1. The van der Waals surface area contributed by atoms with Crippen molar-refractivity contribution < 1.29 is 14.7 Å². The summed E-state index contributed by atoms with van der Waals surface area (Å²) < 4.78 is 0. The van der Waals surface area contributed by atoms with E-state index in [-0.39, 0.29) is 22.3 Å². The van der Waals surface area contributed by atoms with Gasteiger partial charge in [0.1, 0.15) is 0 Å². The minimum atomic E-state index is -0.707. The zero-order chi connectivity index (χ0) is 24.7. The fraction of sp³-hybridized carbons (Fsp3) is 0.655. The van der Waals surface area contributed by atoms with Crippen molar-refractivity contribution in [3.8, 4) is 0 Å². The third-order valence-electron chi connectivity index (χ3n) is 9.63. The molecule has 4 nitrogen and oxygen atoms in total. The number of amides is 1. The van der Waals surface area contributed by atoms with Gasteiger partial charge in [0.15, 0.2) is 0 Å². The van der Waals surface area contributed by atoms with Crippen LogP contribution in [0.4, 0.5) is 0 Å². The van der Waals surface area contributed by atoms with E-state index < -0.39 is 11.4 Å². The third-order valence-corrected chi connectivity index (χ3v) is 9.98. The molecule has 0 radical (unpaired) electrons. The van der Waals surface area contributed by atoms with E-state index in [0.29, 0.717) is 37.5 Å². The maximum absolute atomic E-state index is 13.6. The third kappa shape index (κ3) is 3.46. The first-order valence-electron chi connectivity index (χ1n) is 12.9. The number of aryl methyl sites for hydroxylation is 1. The molecule has 0 aromatic heterocycles. The average molecular weight is 484 g/mol. The first-order valence-corrected chi connectivity index (χ1v) is 13.3. The van der Waals surface area contributed by atoms with Gasteiger partial charge in [0.2, 0.25) is 5.91 Å².